The van der Waals surface area contributed by atoms with E-state index >= 15 is 0 Å². The largest absolute Gasteiger partial charge is 0.354 e. The highest BCUT2D eigenvalue weighted by Gasteiger charge is 2.32. The molecule has 102 valence electrons. The van der Waals surface area contributed by atoms with Crippen LogP contribution in [0, 0.1) is 0 Å². The van der Waals surface area contributed by atoms with E-state index in [0.717, 1.165) is 37.9 Å². The second-order valence-corrected chi connectivity index (χ2v) is 6.35. The molecule has 2 heterocycles. The van der Waals surface area contributed by atoms with Gasteiger partial charge in [0.2, 0.25) is 0 Å². The number of nitrogens with zero attached hydrogens (tertiary/aromatic N) is 4. The first kappa shape index (κ1) is 11.6. The van der Waals surface area contributed by atoms with Crippen LogP contribution in [0.2, 0.25) is 0 Å². The summed E-state index contributed by atoms with van der Waals surface area (Å²) < 4.78 is 0. The lowest BCUT2D eigenvalue weighted by Crippen LogP contribution is -2.45. The summed E-state index contributed by atoms with van der Waals surface area (Å²) in [6.07, 6.45) is 5.22. The lowest BCUT2D eigenvalue weighted by molar-refractivity contribution is 0.312. The minimum absolute atomic E-state index is 0.657. The highest BCUT2D eigenvalue weighted by atomic mass is 15.3. The topological polar surface area (TPSA) is 32.3 Å². The molecule has 4 rings (SSSR count). The average Bonchev–Trinajstić information content (AvgIpc) is 3.31. The predicted molar refractivity (Wildman–Crippen MR) is 75.7 cm³/mol. The fourth-order valence-electron chi connectivity index (χ4n) is 2.78. The number of anilines is 1. The molecule has 0 aromatic carbocycles. The molecule has 4 heteroatoms. The van der Waals surface area contributed by atoms with Gasteiger partial charge in [-0.2, -0.15) is 0 Å². The van der Waals surface area contributed by atoms with Gasteiger partial charge in [0.25, 0.3) is 0 Å². The highest BCUT2D eigenvalue weighted by molar-refractivity contribution is 5.42. The molecule has 1 saturated heterocycles. The molecule has 2 saturated carbocycles. The summed E-state index contributed by atoms with van der Waals surface area (Å²) in [5.41, 5.74) is 1.31. The SMILES string of the molecule is CN1CCN(c2cc(C3CC3)nc(C3CC3)n2)CC1. The Balaban J connectivity index is 1.62. The van der Waals surface area contributed by atoms with Crippen molar-refractivity contribution in [3.63, 3.8) is 0 Å². The minimum atomic E-state index is 0.657. The molecule has 0 spiro atoms. The van der Waals surface area contributed by atoms with Crippen LogP contribution in [-0.4, -0.2) is 48.1 Å². The van der Waals surface area contributed by atoms with Crippen molar-refractivity contribution in [1.29, 1.82) is 0 Å². The quantitative estimate of drug-likeness (QED) is 0.830. The molecular weight excluding hydrogens is 236 g/mol. The number of piperazine rings is 1. The number of hydrogen-bond acceptors (Lipinski definition) is 4. The van der Waals surface area contributed by atoms with Crippen LogP contribution in [0.1, 0.15) is 49.0 Å². The van der Waals surface area contributed by atoms with Gasteiger partial charge in [-0.25, -0.2) is 9.97 Å². The molecule has 1 aliphatic heterocycles. The zero-order valence-electron chi connectivity index (χ0n) is 11.7. The van der Waals surface area contributed by atoms with Crippen LogP contribution in [0.5, 0.6) is 0 Å². The van der Waals surface area contributed by atoms with Gasteiger partial charge in [-0.05, 0) is 32.7 Å². The third kappa shape index (κ3) is 2.46. The first-order valence-corrected chi connectivity index (χ1v) is 7.62. The lowest BCUT2D eigenvalue weighted by Gasteiger charge is -2.33. The van der Waals surface area contributed by atoms with Gasteiger partial charge in [-0.1, -0.05) is 0 Å². The van der Waals surface area contributed by atoms with Gasteiger partial charge >= 0.3 is 0 Å². The molecule has 1 aromatic rings. The van der Waals surface area contributed by atoms with Gasteiger partial charge < -0.3 is 9.80 Å². The van der Waals surface area contributed by atoms with Crippen molar-refractivity contribution in [2.24, 2.45) is 0 Å². The Morgan fingerprint density at radius 1 is 0.947 bits per heavy atom. The van der Waals surface area contributed by atoms with Crippen molar-refractivity contribution in [1.82, 2.24) is 14.9 Å². The van der Waals surface area contributed by atoms with Crippen molar-refractivity contribution in [3.8, 4) is 0 Å². The van der Waals surface area contributed by atoms with Crippen molar-refractivity contribution in [3.05, 3.63) is 17.6 Å². The Morgan fingerprint density at radius 2 is 1.63 bits per heavy atom. The van der Waals surface area contributed by atoms with Crippen LogP contribution in [-0.2, 0) is 0 Å². The summed E-state index contributed by atoms with van der Waals surface area (Å²) in [4.78, 5) is 14.5. The van der Waals surface area contributed by atoms with Crippen LogP contribution >= 0.6 is 0 Å². The fourth-order valence-corrected chi connectivity index (χ4v) is 2.78. The number of aromatic nitrogens is 2. The number of hydrogen-bond donors (Lipinski definition) is 0. The average molecular weight is 258 g/mol. The molecule has 3 fully saturated rings. The molecule has 0 bridgehead atoms. The monoisotopic (exact) mass is 258 g/mol. The summed E-state index contributed by atoms with van der Waals surface area (Å²) in [5, 5.41) is 0. The highest BCUT2D eigenvalue weighted by Crippen LogP contribution is 2.43. The van der Waals surface area contributed by atoms with Crippen molar-refractivity contribution in [2.75, 3.05) is 38.1 Å². The van der Waals surface area contributed by atoms with E-state index < -0.39 is 0 Å². The van der Waals surface area contributed by atoms with Crippen molar-refractivity contribution < 1.29 is 0 Å². The summed E-state index contributed by atoms with van der Waals surface area (Å²) >= 11 is 0. The van der Waals surface area contributed by atoms with Crippen LogP contribution in [0.3, 0.4) is 0 Å². The Kier molecular flexibility index (Phi) is 2.72. The predicted octanol–water partition coefficient (Wildman–Crippen LogP) is 1.98. The second kappa shape index (κ2) is 4.44. The molecular formula is C15H22N4. The third-order valence-corrected chi connectivity index (χ3v) is 4.52. The molecule has 3 aliphatic rings. The summed E-state index contributed by atoms with van der Waals surface area (Å²) in [6, 6.07) is 2.26. The van der Waals surface area contributed by atoms with Gasteiger partial charge in [-0.3, -0.25) is 0 Å². The third-order valence-electron chi connectivity index (χ3n) is 4.52. The van der Waals surface area contributed by atoms with Crippen molar-refractivity contribution >= 4 is 5.82 Å². The standard InChI is InChI=1S/C15H22N4/c1-18-6-8-19(9-7-18)14-10-13(11-2-3-11)16-15(17-14)12-4-5-12/h10-12H,2-9H2,1H3. The van der Waals surface area contributed by atoms with Crippen molar-refractivity contribution in [2.45, 2.75) is 37.5 Å². The molecule has 4 nitrogen and oxygen atoms in total. The van der Waals surface area contributed by atoms with Gasteiger partial charge in [0.05, 0.1) is 0 Å². The maximum atomic E-state index is 4.85. The van der Waals surface area contributed by atoms with E-state index in [-0.39, 0.29) is 0 Å². The van der Waals surface area contributed by atoms with Gasteiger partial charge in [0.15, 0.2) is 0 Å². The van der Waals surface area contributed by atoms with E-state index in [9.17, 15) is 0 Å². The van der Waals surface area contributed by atoms with E-state index in [0.29, 0.717) is 5.92 Å². The van der Waals surface area contributed by atoms with Crippen LogP contribution in [0.4, 0.5) is 5.82 Å². The zero-order chi connectivity index (χ0) is 12.8. The minimum Gasteiger partial charge on any atom is -0.354 e. The van der Waals surface area contributed by atoms with Crippen LogP contribution in [0.25, 0.3) is 0 Å². The van der Waals surface area contributed by atoms with Crippen LogP contribution in [0.15, 0.2) is 6.07 Å². The van der Waals surface area contributed by atoms with E-state index in [4.69, 9.17) is 9.97 Å². The molecule has 1 aromatic heterocycles. The molecule has 0 radical (unpaired) electrons. The molecule has 0 unspecified atom stereocenters. The van der Waals surface area contributed by atoms with E-state index in [1.165, 1.54) is 37.2 Å². The number of likely N-dealkylation sites (N-methyl/N-ethyl adjacent to an activating group) is 1. The lowest BCUT2D eigenvalue weighted by atomic mass is 10.2. The molecule has 0 atom stereocenters. The Hall–Kier alpha value is -1.16. The first-order valence-electron chi connectivity index (χ1n) is 7.62. The van der Waals surface area contributed by atoms with Crippen LogP contribution < -0.4 is 4.90 Å². The van der Waals surface area contributed by atoms with Gasteiger partial charge in [-0.15, -0.1) is 0 Å². The van der Waals surface area contributed by atoms with E-state index in [1.807, 2.05) is 0 Å². The first-order chi connectivity index (χ1) is 9.29. The van der Waals surface area contributed by atoms with E-state index in [2.05, 4.69) is 22.9 Å². The van der Waals surface area contributed by atoms with E-state index in [1.54, 1.807) is 0 Å². The Labute approximate surface area is 114 Å². The molecule has 0 N–H and O–H groups in total. The summed E-state index contributed by atoms with van der Waals surface area (Å²) in [6.45, 7) is 4.48. The smallest absolute Gasteiger partial charge is 0.134 e. The second-order valence-electron chi connectivity index (χ2n) is 6.35. The molecule has 0 amide bonds. The van der Waals surface area contributed by atoms with Gasteiger partial charge in [0, 0.05) is 49.8 Å². The maximum absolute atomic E-state index is 4.85. The maximum Gasteiger partial charge on any atom is 0.134 e. The van der Waals surface area contributed by atoms with Gasteiger partial charge in [0.1, 0.15) is 11.6 Å². The summed E-state index contributed by atoms with van der Waals surface area (Å²) in [7, 11) is 2.20. The summed E-state index contributed by atoms with van der Waals surface area (Å²) in [5.74, 6) is 3.70. The molecule has 19 heavy (non-hydrogen) atoms. The Bertz CT molecular complexity index is 441. The fraction of sp³-hybridized carbons (Fsp3) is 0.733. The zero-order valence-corrected chi connectivity index (χ0v) is 11.7. The number of rotatable bonds is 3. The normalized spacial score (nSPS) is 24.8. The molecule has 2 aliphatic carbocycles. The Morgan fingerprint density at radius 3 is 2.26 bits per heavy atom.